The molecule has 0 spiro atoms. The summed E-state index contributed by atoms with van der Waals surface area (Å²) in [6, 6.07) is 0. The van der Waals surface area contributed by atoms with Gasteiger partial charge in [-0.05, 0) is 43.9 Å². The van der Waals surface area contributed by atoms with Gasteiger partial charge in [0.25, 0.3) is 5.91 Å². The van der Waals surface area contributed by atoms with E-state index in [2.05, 4.69) is 32.1 Å². The lowest BCUT2D eigenvalue weighted by atomic mass is 9.66. The van der Waals surface area contributed by atoms with Crippen molar-refractivity contribution in [2.24, 2.45) is 11.8 Å². The smallest absolute Gasteiger partial charge is 0.252 e. The number of ether oxygens (including phenoxy) is 1. The number of aromatic nitrogens is 4. The van der Waals surface area contributed by atoms with E-state index in [4.69, 9.17) is 10.5 Å². The zero-order valence-electron chi connectivity index (χ0n) is 19.7. The van der Waals surface area contributed by atoms with Gasteiger partial charge in [0.2, 0.25) is 5.82 Å². The van der Waals surface area contributed by atoms with Crippen molar-refractivity contribution in [3.63, 3.8) is 0 Å². The number of hydrogen-bond donors (Lipinski definition) is 5. The van der Waals surface area contributed by atoms with E-state index >= 15 is 0 Å². The van der Waals surface area contributed by atoms with Crippen LogP contribution in [0.1, 0.15) is 63.9 Å². The molecule has 6 N–H and O–H groups in total. The van der Waals surface area contributed by atoms with Gasteiger partial charge in [-0.15, -0.1) is 0 Å². The summed E-state index contributed by atoms with van der Waals surface area (Å²) in [6.07, 6.45) is 3.29. The van der Waals surface area contributed by atoms with Crippen molar-refractivity contribution in [1.29, 1.82) is 0 Å². The number of nitrogens with zero attached hydrogens (tertiary/aromatic N) is 4. The first kappa shape index (κ1) is 23.9. The Bertz CT molecular complexity index is 1170. The Balaban J connectivity index is 1.42. The molecule has 7 atom stereocenters. The molecule has 11 heteroatoms. The number of carbonyl (C=O) groups excluding carboxylic acids is 1. The molecule has 3 aliphatic rings. The fourth-order valence-electron chi connectivity index (χ4n) is 5.74. The number of likely N-dealkylation sites (N-methyl/N-ethyl adjacent to an activating group) is 1. The van der Waals surface area contributed by atoms with Gasteiger partial charge in [-0.25, -0.2) is 15.0 Å². The van der Waals surface area contributed by atoms with Crippen molar-refractivity contribution in [3.05, 3.63) is 12.2 Å². The molecule has 1 amide bonds. The van der Waals surface area contributed by atoms with E-state index in [0.717, 1.165) is 12.8 Å². The van der Waals surface area contributed by atoms with E-state index in [1.54, 1.807) is 6.92 Å². The number of nitrogens with two attached hydrogens (primary N) is 1. The molecule has 5 rings (SSSR count). The maximum Gasteiger partial charge on any atom is 0.252 e. The van der Waals surface area contributed by atoms with Gasteiger partial charge in [0.1, 0.15) is 23.3 Å². The summed E-state index contributed by atoms with van der Waals surface area (Å²) in [7, 11) is 0. The fraction of sp³-hybridized carbons (Fsp3) is 0.667. The summed E-state index contributed by atoms with van der Waals surface area (Å²) in [4.78, 5) is 25.1. The number of aliphatic hydroxyl groups is 3. The second kappa shape index (κ2) is 9.35. The first-order valence-corrected chi connectivity index (χ1v) is 12.3. The number of hydrogen-bond acceptors (Lipinski definition) is 9. The van der Waals surface area contributed by atoms with Crippen LogP contribution in [0.2, 0.25) is 0 Å². The van der Waals surface area contributed by atoms with E-state index in [1.165, 1.54) is 30.2 Å². The minimum Gasteiger partial charge on any atom is -0.387 e. The van der Waals surface area contributed by atoms with Gasteiger partial charge < -0.3 is 31.1 Å². The van der Waals surface area contributed by atoms with Crippen LogP contribution < -0.4 is 11.1 Å². The lowest BCUT2D eigenvalue weighted by Crippen LogP contribution is -2.42. The fourth-order valence-corrected chi connectivity index (χ4v) is 5.74. The van der Waals surface area contributed by atoms with Crippen LogP contribution >= 0.6 is 0 Å². The van der Waals surface area contributed by atoms with Gasteiger partial charge in [0, 0.05) is 6.54 Å². The first-order valence-electron chi connectivity index (χ1n) is 12.3. The molecule has 0 aromatic carbocycles. The van der Waals surface area contributed by atoms with E-state index < -0.39 is 36.0 Å². The minimum atomic E-state index is -1.42. The molecule has 0 radical (unpaired) electrons. The number of fused-ring (bicyclic) bond motifs is 2. The number of rotatable bonds is 3. The first-order chi connectivity index (χ1) is 16.8. The number of imidazole rings is 1. The van der Waals surface area contributed by atoms with Gasteiger partial charge >= 0.3 is 0 Å². The van der Waals surface area contributed by atoms with E-state index in [1.807, 2.05) is 0 Å². The summed E-state index contributed by atoms with van der Waals surface area (Å²) in [6.45, 7) is 2.11. The molecule has 3 unspecified atom stereocenters. The maximum atomic E-state index is 12.2. The quantitative estimate of drug-likeness (QED) is 0.383. The maximum absolute atomic E-state index is 12.2. The average Bonchev–Trinajstić information content (AvgIpc) is 3.39. The lowest BCUT2D eigenvalue weighted by molar-refractivity contribution is -0.137. The largest absolute Gasteiger partial charge is 0.387 e. The summed E-state index contributed by atoms with van der Waals surface area (Å²) in [5.41, 5.74) is 5.55. The molecule has 2 aliphatic carbocycles. The van der Waals surface area contributed by atoms with Crippen molar-refractivity contribution in [2.75, 3.05) is 12.3 Å². The van der Waals surface area contributed by atoms with E-state index in [0.29, 0.717) is 31.2 Å². The van der Waals surface area contributed by atoms with Crippen LogP contribution in [0.4, 0.5) is 5.82 Å². The lowest BCUT2D eigenvalue weighted by Gasteiger charge is -2.41. The van der Waals surface area contributed by atoms with Crippen LogP contribution in [0.3, 0.4) is 0 Å². The normalized spacial score (nSPS) is 34.7. The molecule has 0 bridgehead atoms. The average molecular weight is 485 g/mol. The minimum absolute atomic E-state index is 0.0920. The summed E-state index contributed by atoms with van der Waals surface area (Å²) in [5, 5.41) is 34.7. The van der Waals surface area contributed by atoms with Crippen LogP contribution in [0.15, 0.2) is 6.33 Å². The van der Waals surface area contributed by atoms with Crippen molar-refractivity contribution in [2.45, 2.75) is 82.0 Å². The Kier molecular flexibility index (Phi) is 6.40. The highest BCUT2D eigenvalue weighted by Crippen LogP contribution is 2.44. The van der Waals surface area contributed by atoms with E-state index in [9.17, 15) is 20.1 Å². The summed E-state index contributed by atoms with van der Waals surface area (Å²) in [5.74, 6) is 6.75. The third-order valence-electron chi connectivity index (χ3n) is 7.57. The van der Waals surface area contributed by atoms with Crippen molar-refractivity contribution < 1.29 is 24.9 Å². The molecular formula is C24H32N6O5. The molecule has 1 aliphatic heterocycles. The third kappa shape index (κ3) is 4.47. The zero-order chi connectivity index (χ0) is 24.7. The topological polar surface area (TPSA) is 169 Å². The number of nitrogen functional groups attached to an aromatic ring is 1. The van der Waals surface area contributed by atoms with Gasteiger partial charge in [-0.3, -0.25) is 9.36 Å². The highest BCUT2D eigenvalue weighted by molar-refractivity contribution is 5.83. The molecule has 3 fully saturated rings. The van der Waals surface area contributed by atoms with E-state index in [-0.39, 0.29) is 22.8 Å². The van der Waals surface area contributed by atoms with Gasteiger partial charge in [0.05, 0.1) is 6.33 Å². The van der Waals surface area contributed by atoms with Crippen molar-refractivity contribution in [1.82, 2.24) is 24.8 Å². The molecule has 11 nitrogen and oxygen atoms in total. The molecule has 2 aromatic heterocycles. The number of anilines is 1. The number of aliphatic hydroxyl groups excluding tert-OH is 2. The molecule has 2 aromatic rings. The highest BCUT2D eigenvalue weighted by atomic mass is 16.6. The molecule has 2 saturated carbocycles. The van der Waals surface area contributed by atoms with Crippen LogP contribution in [0.25, 0.3) is 11.2 Å². The summed E-state index contributed by atoms with van der Waals surface area (Å²) < 4.78 is 7.10. The van der Waals surface area contributed by atoms with Crippen LogP contribution in [0.5, 0.6) is 0 Å². The van der Waals surface area contributed by atoms with Gasteiger partial charge in [0.15, 0.2) is 23.8 Å². The number of carbonyl (C=O) groups is 1. The molecule has 3 heterocycles. The van der Waals surface area contributed by atoms with Crippen LogP contribution in [-0.2, 0) is 9.53 Å². The zero-order valence-corrected chi connectivity index (χ0v) is 19.7. The highest BCUT2D eigenvalue weighted by Gasteiger charge is 2.47. The third-order valence-corrected chi connectivity index (χ3v) is 7.57. The van der Waals surface area contributed by atoms with Crippen LogP contribution in [0, 0.1) is 23.7 Å². The SMILES string of the molecule is CCNC(=O)[C@H]1O[C@@H](n2cnc3c(N)nc(C#CC4(O)CCC5CCCCC5C4)nc32)[C@H](O)[C@@H]1O. The number of amides is 1. The molecule has 188 valence electrons. The van der Waals surface area contributed by atoms with Gasteiger partial charge in [-0.2, -0.15) is 0 Å². The van der Waals surface area contributed by atoms with Crippen molar-refractivity contribution in [3.8, 4) is 11.8 Å². The number of nitrogens with one attached hydrogen (secondary N) is 1. The van der Waals surface area contributed by atoms with Crippen molar-refractivity contribution >= 4 is 22.9 Å². The van der Waals surface area contributed by atoms with Crippen LogP contribution in [-0.4, -0.2) is 71.2 Å². The predicted molar refractivity (Wildman–Crippen MR) is 125 cm³/mol. The predicted octanol–water partition coefficient (Wildman–Crippen LogP) is 0.237. The molecule has 35 heavy (non-hydrogen) atoms. The Hall–Kier alpha value is -2.78. The Labute approximate surface area is 203 Å². The second-order valence-corrected chi connectivity index (χ2v) is 9.91. The molecular weight excluding hydrogens is 452 g/mol. The Morgan fingerprint density at radius 2 is 2.03 bits per heavy atom. The monoisotopic (exact) mass is 484 g/mol. The Morgan fingerprint density at radius 3 is 2.80 bits per heavy atom. The second-order valence-electron chi connectivity index (χ2n) is 9.91. The Morgan fingerprint density at radius 1 is 1.26 bits per heavy atom. The standard InChI is InChI=1S/C24H32N6O5/c1-2-26-22(33)19-17(31)18(32)23(35-19)30-12-27-16-20(25)28-15(29-21(16)30)8-10-24(34)9-7-13-5-3-4-6-14(13)11-24/h12-14,17-19,23,31-32,34H,2-7,9,11H2,1H3,(H,26,33)(H2,25,28,29)/t13?,14?,17-,18+,19-,23+,24?/m0/s1. The summed E-state index contributed by atoms with van der Waals surface area (Å²) >= 11 is 0. The van der Waals surface area contributed by atoms with Gasteiger partial charge in [-0.1, -0.05) is 31.6 Å². The molecule has 1 saturated heterocycles.